The third kappa shape index (κ3) is 3.63. The summed E-state index contributed by atoms with van der Waals surface area (Å²) < 4.78 is 12.0. The van der Waals surface area contributed by atoms with Crippen molar-refractivity contribution < 1.29 is 40.1 Å². The summed E-state index contributed by atoms with van der Waals surface area (Å²) in [6, 6.07) is 0. The van der Waals surface area contributed by atoms with Crippen LogP contribution in [0, 0.1) is 34.0 Å². The topological polar surface area (TPSA) is 140 Å². The Morgan fingerprint density at radius 1 is 0.882 bits per heavy atom. The number of rotatable bonds is 3. The maximum absolute atomic E-state index is 11.5. The summed E-state index contributed by atoms with van der Waals surface area (Å²) in [6.07, 6.45) is -1.36. The van der Waals surface area contributed by atoms with Crippen LogP contribution in [-0.2, 0) is 9.47 Å². The molecule has 5 aliphatic rings. The number of hydrogen-bond acceptors (Lipinski definition) is 8. The molecule has 6 N–H and O–H groups in total. The van der Waals surface area contributed by atoms with Crippen LogP contribution in [0.3, 0.4) is 0 Å². The molecule has 34 heavy (non-hydrogen) atoms. The third-order valence-corrected chi connectivity index (χ3v) is 10.7. The quantitative estimate of drug-likeness (QED) is 0.325. The Hall–Kier alpha value is -0.320. The van der Waals surface area contributed by atoms with Crippen molar-refractivity contribution in [1.82, 2.24) is 0 Å². The van der Waals surface area contributed by atoms with Crippen molar-refractivity contribution in [2.45, 2.75) is 121 Å². The Morgan fingerprint density at radius 3 is 2.26 bits per heavy atom. The molecular weight excluding hydrogens is 440 g/mol. The molecule has 0 aromatic rings. The zero-order valence-corrected chi connectivity index (χ0v) is 20.9. The molecule has 1 spiro atoms. The molecule has 8 heteroatoms. The lowest BCUT2D eigenvalue weighted by atomic mass is 9.40. The van der Waals surface area contributed by atoms with Crippen LogP contribution in [0.15, 0.2) is 0 Å². The monoisotopic (exact) mass is 484 g/mol. The first-order chi connectivity index (χ1) is 15.7. The Morgan fingerprint density at radius 2 is 1.59 bits per heavy atom. The van der Waals surface area contributed by atoms with Crippen molar-refractivity contribution in [3.05, 3.63) is 0 Å². The lowest BCUT2D eigenvalue weighted by Crippen LogP contribution is -2.64. The van der Waals surface area contributed by atoms with E-state index < -0.39 is 49.0 Å². The SMILES string of the molecule is CC1(C)C[C@H](O[C@H]2O[C@@H](CO)[C@H](O)[C@H](O)[C@@H]2O)C[C@]2(C)[C@@H]1[C@@H](O)C[C@@]13C[C@H](CC[C@H]12)[C@](C)(O)C3. The Labute approximate surface area is 202 Å². The summed E-state index contributed by atoms with van der Waals surface area (Å²) in [4.78, 5) is 0. The maximum atomic E-state index is 11.5. The predicted molar refractivity (Wildman–Crippen MR) is 122 cm³/mol. The van der Waals surface area contributed by atoms with Crippen molar-refractivity contribution in [3.63, 3.8) is 0 Å². The van der Waals surface area contributed by atoms with Crippen molar-refractivity contribution in [3.8, 4) is 0 Å². The predicted octanol–water partition coefficient (Wildman–Crippen LogP) is 0.936. The number of fused-ring (bicyclic) bond motifs is 3. The summed E-state index contributed by atoms with van der Waals surface area (Å²) in [7, 11) is 0. The summed E-state index contributed by atoms with van der Waals surface area (Å²) in [5, 5.41) is 63.1. The minimum absolute atomic E-state index is 0.0712. The van der Waals surface area contributed by atoms with Gasteiger partial charge in [-0.15, -0.1) is 0 Å². The average Bonchev–Trinajstić information content (AvgIpc) is 2.90. The molecular formula is C26H44O8. The molecule has 5 rings (SSSR count). The molecule has 0 radical (unpaired) electrons. The van der Waals surface area contributed by atoms with E-state index in [9.17, 15) is 30.6 Å². The molecule has 5 fully saturated rings. The summed E-state index contributed by atoms with van der Waals surface area (Å²) in [5.41, 5.74) is -1.21. The minimum atomic E-state index is -1.47. The lowest BCUT2D eigenvalue weighted by molar-refractivity contribution is -0.324. The van der Waals surface area contributed by atoms with E-state index in [1.54, 1.807) is 0 Å². The van der Waals surface area contributed by atoms with E-state index in [0.29, 0.717) is 18.8 Å². The van der Waals surface area contributed by atoms with Gasteiger partial charge in [0.1, 0.15) is 24.4 Å². The van der Waals surface area contributed by atoms with Gasteiger partial charge in [-0.1, -0.05) is 20.8 Å². The lowest BCUT2D eigenvalue weighted by Gasteiger charge is -2.66. The van der Waals surface area contributed by atoms with Crippen LogP contribution < -0.4 is 0 Å². The molecule has 0 aromatic heterocycles. The number of aliphatic hydroxyl groups is 6. The van der Waals surface area contributed by atoms with Crippen molar-refractivity contribution in [1.29, 1.82) is 0 Å². The van der Waals surface area contributed by atoms with Gasteiger partial charge >= 0.3 is 0 Å². The molecule has 13 atom stereocenters. The maximum Gasteiger partial charge on any atom is 0.186 e. The zero-order chi connectivity index (χ0) is 24.8. The van der Waals surface area contributed by atoms with Gasteiger partial charge in [-0.3, -0.25) is 0 Å². The van der Waals surface area contributed by atoms with E-state index in [2.05, 4.69) is 20.8 Å². The van der Waals surface area contributed by atoms with Crippen LogP contribution in [0.4, 0.5) is 0 Å². The fourth-order valence-electron chi connectivity index (χ4n) is 9.93. The molecule has 0 unspecified atom stereocenters. The Balaban J connectivity index is 1.43. The van der Waals surface area contributed by atoms with Crippen molar-refractivity contribution in [2.75, 3.05) is 6.61 Å². The average molecular weight is 485 g/mol. The van der Waals surface area contributed by atoms with Gasteiger partial charge in [0.2, 0.25) is 0 Å². The van der Waals surface area contributed by atoms with Crippen LogP contribution >= 0.6 is 0 Å². The normalized spacial score (nSPS) is 58.8. The molecule has 0 aromatic carbocycles. The largest absolute Gasteiger partial charge is 0.394 e. The minimum Gasteiger partial charge on any atom is -0.394 e. The van der Waals surface area contributed by atoms with Gasteiger partial charge in [-0.05, 0) is 85.9 Å². The van der Waals surface area contributed by atoms with Gasteiger partial charge in [-0.25, -0.2) is 0 Å². The molecule has 1 saturated heterocycles. The molecule has 2 bridgehead atoms. The molecule has 0 amide bonds. The molecule has 1 aliphatic heterocycles. The van der Waals surface area contributed by atoms with E-state index in [1.807, 2.05) is 6.92 Å². The highest BCUT2D eigenvalue weighted by atomic mass is 16.7. The first-order valence-corrected chi connectivity index (χ1v) is 13.1. The van der Waals surface area contributed by atoms with Gasteiger partial charge in [0, 0.05) is 0 Å². The number of ether oxygens (including phenoxy) is 2. The van der Waals surface area contributed by atoms with Crippen molar-refractivity contribution in [2.24, 2.45) is 34.0 Å². The van der Waals surface area contributed by atoms with E-state index in [-0.39, 0.29) is 34.2 Å². The van der Waals surface area contributed by atoms with Crippen LogP contribution in [-0.4, -0.2) is 85.8 Å². The van der Waals surface area contributed by atoms with Crippen LogP contribution in [0.2, 0.25) is 0 Å². The molecule has 4 saturated carbocycles. The van der Waals surface area contributed by atoms with Crippen LogP contribution in [0.25, 0.3) is 0 Å². The second-order valence-corrected chi connectivity index (χ2v) is 13.5. The van der Waals surface area contributed by atoms with E-state index in [4.69, 9.17) is 9.47 Å². The van der Waals surface area contributed by atoms with Gasteiger partial charge < -0.3 is 40.1 Å². The van der Waals surface area contributed by atoms with Crippen LogP contribution in [0.5, 0.6) is 0 Å². The van der Waals surface area contributed by atoms with Gasteiger partial charge in [-0.2, -0.15) is 0 Å². The summed E-state index contributed by atoms with van der Waals surface area (Å²) >= 11 is 0. The van der Waals surface area contributed by atoms with E-state index in [1.165, 1.54) is 0 Å². The fraction of sp³-hybridized carbons (Fsp3) is 1.00. The highest BCUT2D eigenvalue weighted by Crippen LogP contribution is 2.73. The van der Waals surface area contributed by atoms with Gasteiger partial charge in [0.15, 0.2) is 6.29 Å². The van der Waals surface area contributed by atoms with Crippen molar-refractivity contribution >= 4 is 0 Å². The van der Waals surface area contributed by atoms with Gasteiger partial charge in [0.05, 0.1) is 24.4 Å². The number of hydrogen-bond donors (Lipinski definition) is 6. The van der Waals surface area contributed by atoms with E-state index >= 15 is 0 Å². The highest BCUT2D eigenvalue weighted by molar-refractivity contribution is 5.18. The molecule has 8 nitrogen and oxygen atoms in total. The Bertz CT molecular complexity index is 785. The zero-order valence-electron chi connectivity index (χ0n) is 20.9. The second-order valence-electron chi connectivity index (χ2n) is 13.5. The molecule has 4 aliphatic carbocycles. The fourth-order valence-corrected chi connectivity index (χ4v) is 9.93. The number of aliphatic hydroxyl groups excluding tert-OH is 5. The third-order valence-electron chi connectivity index (χ3n) is 10.7. The first-order valence-electron chi connectivity index (χ1n) is 13.1. The summed E-state index contributed by atoms with van der Waals surface area (Å²) in [6.45, 7) is 8.11. The second kappa shape index (κ2) is 8.09. The van der Waals surface area contributed by atoms with E-state index in [0.717, 1.165) is 32.1 Å². The first kappa shape index (κ1) is 25.3. The smallest absolute Gasteiger partial charge is 0.186 e. The Kier molecular flexibility index (Phi) is 6.03. The molecule has 196 valence electrons. The standard InChI is InChI=1S/C26H44O8/c1-23(2)8-14(33-22-20(31)19(30)18(29)16(11-27)34-22)9-24(3)17-6-5-13-7-26(17,12-25(13,4)32)10-15(28)21(23)24/h13-22,27-32H,5-12H2,1-4H3/t13-,14-,15-,16-,17-,18-,19-,20-,21+,22-,24-,25+,26+/m0/s1. The highest BCUT2D eigenvalue weighted by Gasteiger charge is 2.69. The van der Waals surface area contributed by atoms with Gasteiger partial charge in [0.25, 0.3) is 0 Å². The summed E-state index contributed by atoms with van der Waals surface area (Å²) in [5.74, 6) is 0.736. The molecule has 1 heterocycles. The van der Waals surface area contributed by atoms with Crippen LogP contribution in [0.1, 0.15) is 72.6 Å².